The van der Waals surface area contributed by atoms with Gasteiger partial charge < -0.3 is 5.32 Å². The molecular weight excluding hydrogens is 256 g/mol. The molecule has 0 amide bonds. The van der Waals surface area contributed by atoms with E-state index >= 15 is 0 Å². The summed E-state index contributed by atoms with van der Waals surface area (Å²) in [6.45, 7) is 16.2. The third-order valence-electron chi connectivity index (χ3n) is 6.81. The maximum Gasteiger partial charge on any atom is 0.0287 e. The number of nitrogens with zero attached hydrogens (tertiary/aromatic N) is 1. The number of fused-ring (bicyclic) bond motifs is 1. The van der Waals surface area contributed by atoms with Crippen molar-refractivity contribution in [3.05, 3.63) is 0 Å². The van der Waals surface area contributed by atoms with Crippen LogP contribution in [0.5, 0.6) is 0 Å². The van der Waals surface area contributed by atoms with E-state index in [0.29, 0.717) is 16.4 Å². The van der Waals surface area contributed by atoms with Crippen molar-refractivity contribution in [2.75, 3.05) is 19.6 Å². The fourth-order valence-electron chi connectivity index (χ4n) is 5.53. The van der Waals surface area contributed by atoms with Gasteiger partial charge in [-0.15, -0.1) is 0 Å². The van der Waals surface area contributed by atoms with Gasteiger partial charge in [-0.2, -0.15) is 0 Å². The van der Waals surface area contributed by atoms with Crippen molar-refractivity contribution in [2.45, 2.75) is 84.7 Å². The first kappa shape index (κ1) is 15.8. The quantitative estimate of drug-likeness (QED) is 0.841. The average molecular weight is 293 g/mol. The van der Waals surface area contributed by atoms with Crippen LogP contribution in [0.2, 0.25) is 0 Å². The van der Waals surface area contributed by atoms with Gasteiger partial charge in [-0.3, -0.25) is 4.90 Å². The van der Waals surface area contributed by atoms with Crippen molar-refractivity contribution in [3.8, 4) is 0 Å². The third-order valence-corrected chi connectivity index (χ3v) is 6.81. The second-order valence-corrected chi connectivity index (χ2v) is 9.85. The van der Waals surface area contributed by atoms with Crippen molar-refractivity contribution in [1.29, 1.82) is 0 Å². The van der Waals surface area contributed by atoms with E-state index in [4.69, 9.17) is 0 Å². The molecule has 0 aromatic carbocycles. The molecule has 122 valence electrons. The number of piperidine rings is 2. The molecule has 2 unspecified atom stereocenters. The lowest BCUT2D eigenvalue weighted by Crippen LogP contribution is -2.79. The Labute approximate surface area is 132 Å². The van der Waals surface area contributed by atoms with Gasteiger partial charge >= 0.3 is 0 Å². The normalized spacial score (nSPS) is 35.0. The zero-order valence-corrected chi connectivity index (χ0v) is 15.0. The molecule has 0 aromatic heterocycles. The lowest BCUT2D eigenvalue weighted by atomic mass is 9.54. The summed E-state index contributed by atoms with van der Waals surface area (Å²) in [5.74, 6) is 0.963. The molecule has 3 fully saturated rings. The molecule has 21 heavy (non-hydrogen) atoms. The van der Waals surface area contributed by atoms with Gasteiger partial charge in [-0.1, -0.05) is 34.6 Å². The summed E-state index contributed by atoms with van der Waals surface area (Å²) in [5, 5.41) is 3.50. The van der Waals surface area contributed by atoms with Crippen LogP contribution in [0, 0.1) is 16.7 Å². The van der Waals surface area contributed by atoms with E-state index in [1.807, 2.05) is 0 Å². The average Bonchev–Trinajstić information content (AvgIpc) is 2.33. The zero-order chi connectivity index (χ0) is 15.3. The predicted molar refractivity (Wildman–Crippen MR) is 90.5 cm³/mol. The van der Waals surface area contributed by atoms with Crippen LogP contribution < -0.4 is 5.32 Å². The largest absolute Gasteiger partial charge is 0.317 e. The molecule has 0 aliphatic carbocycles. The molecule has 3 saturated heterocycles. The zero-order valence-electron chi connectivity index (χ0n) is 15.0. The van der Waals surface area contributed by atoms with Gasteiger partial charge in [0.05, 0.1) is 0 Å². The Hall–Kier alpha value is -0.0800. The lowest BCUT2D eigenvalue weighted by molar-refractivity contribution is -0.217. The van der Waals surface area contributed by atoms with Crippen LogP contribution in [0.1, 0.15) is 73.1 Å². The molecule has 3 heterocycles. The van der Waals surface area contributed by atoms with Crippen molar-refractivity contribution >= 4 is 0 Å². The van der Waals surface area contributed by atoms with E-state index in [9.17, 15) is 0 Å². The van der Waals surface area contributed by atoms with Crippen LogP contribution in [0.15, 0.2) is 0 Å². The molecule has 2 heteroatoms. The Bertz CT molecular complexity index is 376. The maximum absolute atomic E-state index is 3.50. The number of rotatable bonds is 4. The van der Waals surface area contributed by atoms with Crippen molar-refractivity contribution in [2.24, 2.45) is 16.7 Å². The first-order chi connectivity index (χ1) is 9.74. The predicted octanol–water partition coefficient (Wildman–Crippen LogP) is 4.06. The Morgan fingerprint density at radius 1 is 1.05 bits per heavy atom. The molecule has 2 atom stereocenters. The van der Waals surface area contributed by atoms with Gasteiger partial charge in [0.1, 0.15) is 0 Å². The minimum absolute atomic E-state index is 0.459. The van der Waals surface area contributed by atoms with Crippen LogP contribution in [-0.4, -0.2) is 36.1 Å². The van der Waals surface area contributed by atoms with Crippen LogP contribution >= 0.6 is 0 Å². The second-order valence-electron chi connectivity index (χ2n) is 9.85. The first-order valence-corrected chi connectivity index (χ1v) is 9.21. The van der Waals surface area contributed by atoms with E-state index in [1.54, 1.807) is 0 Å². The van der Waals surface area contributed by atoms with Gasteiger partial charge in [-0.25, -0.2) is 0 Å². The molecule has 3 aliphatic rings. The molecule has 2 nitrogen and oxygen atoms in total. The van der Waals surface area contributed by atoms with E-state index in [2.05, 4.69) is 44.8 Å². The molecule has 0 radical (unpaired) electrons. The van der Waals surface area contributed by atoms with Crippen LogP contribution in [0.3, 0.4) is 0 Å². The standard InChI is InChI=1S/C19H36N2/c1-17(2,3)19-8-11-21(19)16(14-19)13-18(4,5)12-15-6-9-20-10-7-15/h15-16,20H,6-14H2,1-5H3. The van der Waals surface area contributed by atoms with Gasteiger partial charge in [-0.05, 0) is 68.4 Å². The molecule has 3 aliphatic heterocycles. The van der Waals surface area contributed by atoms with Crippen molar-refractivity contribution < 1.29 is 0 Å². The van der Waals surface area contributed by atoms with E-state index < -0.39 is 0 Å². The summed E-state index contributed by atoms with van der Waals surface area (Å²) < 4.78 is 0. The van der Waals surface area contributed by atoms with Gasteiger partial charge in [0.2, 0.25) is 0 Å². The highest BCUT2D eigenvalue weighted by Gasteiger charge is 2.63. The minimum Gasteiger partial charge on any atom is -0.317 e. The SMILES string of the molecule is CC(C)(CC1CCNCC1)CC1CC2(C(C)(C)C)CCN12. The minimum atomic E-state index is 0.459. The highest BCUT2D eigenvalue weighted by molar-refractivity contribution is 5.18. The Morgan fingerprint density at radius 2 is 1.71 bits per heavy atom. The fraction of sp³-hybridized carbons (Fsp3) is 1.00. The van der Waals surface area contributed by atoms with E-state index in [0.717, 1.165) is 12.0 Å². The number of nitrogens with one attached hydrogen (secondary N) is 1. The summed E-state index contributed by atoms with van der Waals surface area (Å²) in [6, 6.07) is 0.870. The Balaban J connectivity index is 1.53. The van der Waals surface area contributed by atoms with Crippen LogP contribution in [-0.2, 0) is 0 Å². The highest BCUT2D eigenvalue weighted by atomic mass is 15.4. The first-order valence-electron chi connectivity index (χ1n) is 9.21. The lowest BCUT2D eigenvalue weighted by Gasteiger charge is -2.72. The Kier molecular flexibility index (Phi) is 3.94. The van der Waals surface area contributed by atoms with Gasteiger partial charge in [0.25, 0.3) is 0 Å². The second kappa shape index (κ2) is 5.23. The number of hydrogen-bond donors (Lipinski definition) is 1. The van der Waals surface area contributed by atoms with Crippen molar-refractivity contribution in [1.82, 2.24) is 10.2 Å². The summed E-state index contributed by atoms with van der Waals surface area (Å²) in [5.41, 5.74) is 1.54. The molecule has 0 spiro atoms. The van der Waals surface area contributed by atoms with Crippen LogP contribution in [0.4, 0.5) is 0 Å². The van der Waals surface area contributed by atoms with E-state index in [-0.39, 0.29) is 0 Å². The molecular formula is C19H36N2. The molecule has 0 bridgehead atoms. The van der Waals surface area contributed by atoms with Crippen molar-refractivity contribution in [3.63, 3.8) is 0 Å². The Morgan fingerprint density at radius 3 is 2.19 bits per heavy atom. The topological polar surface area (TPSA) is 15.3 Å². The highest BCUT2D eigenvalue weighted by Crippen LogP contribution is 2.59. The summed E-state index contributed by atoms with van der Waals surface area (Å²) in [4.78, 5) is 2.84. The fourth-order valence-corrected chi connectivity index (χ4v) is 5.53. The molecule has 1 N–H and O–H groups in total. The van der Waals surface area contributed by atoms with Gasteiger partial charge in [0.15, 0.2) is 0 Å². The van der Waals surface area contributed by atoms with Gasteiger partial charge in [0, 0.05) is 18.1 Å². The smallest absolute Gasteiger partial charge is 0.0287 e. The monoisotopic (exact) mass is 292 g/mol. The van der Waals surface area contributed by atoms with E-state index in [1.165, 1.54) is 58.2 Å². The maximum atomic E-state index is 3.50. The molecule has 0 aromatic rings. The molecule has 3 rings (SSSR count). The summed E-state index contributed by atoms with van der Waals surface area (Å²) in [7, 11) is 0. The molecule has 0 saturated carbocycles. The third kappa shape index (κ3) is 2.79. The summed E-state index contributed by atoms with van der Waals surface area (Å²) >= 11 is 0. The van der Waals surface area contributed by atoms with Crippen LogP contribution in [0.25, 0.3) is 0 Å². The summed E-state index contributed by atoms with van der Waals surface area (Å²) in [6.07, 6.45) is 8.51. The number of hydrogen-bond acceptors (Lipinski definition) is 2.